The van der Waals surface area contributed by atoms with Gasteiger partial charge in [-0.2, -0.15) is 0 Å². The quantitative estimate of drug-likeness (QED) is 0.163. The summed E-state index contributed by atoms with van der Waals surface area (Å²) in [6, 6.07) is 31.8. The molecule has 5 aromatic carbocycles. The van der Waals surface area contributed by atoms with Crippen LogP contribution in [-0.2, 0) is 5.60 Å². The summed E-state index contributed by atoms with van der Waals surface area (Å²) in [6.45, 7) is 3.99. The van der Waals surface area contributed by atoms with Crippen molar-refractivity contribution in [2.24, 2.45) is 0 Å². The van der Waals surface area contributed by atoms with Gasteiger partial charge in [-0.15, -0.1) is 0 Å². The first kappa shape index (κ1) is 38.4. The van der Waals surface area contributed by atoms with Gasteiger partial charge in [0.15, 0.2) is 0 Å². The third-order valence-corrected chi connectivity index (χ3v) is 12.1. The van der Waals surface area contributed by atoms with Crippen LogP contribution in [0.15, 0.2) is 108 Å². The van der Waals surface area contributed by atoms with Crippen molar-refractivity contribution in [1.82, 2.24) is 9.80 Å². The van der Waals surface area contributed by atoms with Crippen LogP contribution in [0, 0.1) is 0 Å². The molecule has 0 spiro atoms. The summed E-state index contributed by atoms with van der Waals surface area (Å²) in [6.07, 6.45) is 12.0. The molecule has 3 atom stereocenters. The number of ether oxygens (including phenoxy) is 2. The molecule has 282 valence electrons. The third kappa shape index (κ3) is 7.80. The van der Waals surface area contributed by atoms with Gasteiger partial charge < -0.3 is 19.7 Å². The van der Waals surface area contributed by atoms with Gasteiger partial charge in [-0.25, -0.2) is 0 Å². The Labute approximate surface area is 333 Å². The van der Waals surface area contributed by atoms with E-state index in [1.165, 1.54) is 25.7 Å². The van der Waals surface area contributed by atoms with Gasteiger partial charge >= 0.3 is 0 Å². The topological polar surface area (TPSA) is 65.4 Å². The van der Waals surface area contributed by atoms with Crippen molar-refractivity contribution in [3.8, 4) is 17.2 Å². The number of likely N-dealkylation sites (tertiary alicyclic amines) is 2. The van der Waals surface area contributed by atoms with E-state index in [1.54, 1.807) is 14.2 Å². The predicted octanol–water partition coefficient (Wildman–Crippen LogP) is 11.1. The van der Waals surface area contributed by atoms with Gasteiger partial charge in [0.1, 0.15) is 22.8 Å². The maximum Gasteiger partial charge on any atom is 0.128 e. The fraction of sp³-hybridized carbons (Fsp3) is 0.348. The minimum absolute atomic E-state index is 0.0939. The molecular formula is C46H50BrClN2O4. The molecule has 2 fully saturated rings. The Bertz CT molecular complexity index is 2090. The van der Waals surface area contributed by atoms with E-state index in [4.69, 9.17) is 21.1 Å². The van der Waals surface area contributed by atoms with E-state index in [-0.39, 0.29) is 12.1 Å². The van der Waals surface area contributed by atoms with Crippen molar-refractivity contribution in [2.75, 3.05) is 40.4 Å². The van der Waals surface area contributed by atoms with Gasteiger partial charge in [0.25, 0.3) is 0 Å². The molecule has 2 heterocycles. The molecule has 0 bridgehead atoms. The Morgan fingerprint density at radius 2 is 1.26 bits per heavy atom. The maximum absolute atomic E-state index is 12.1. The molecule has 0 saturated carbocycles. The number of fused-ring (bicyclic) bond motifs is 2. The molecule has 8 rings (SSSR count). The number of phenols is 1. The second kappa shape index (κ2) is 17.3. The van der Waals surface area contributed by atoms with E-state index >= 15 is 0 Å². The smallest absolute Gasteiger partial charge is 0.128 e. The van der Waals surface area contributed by atoms with Crippen molar-refractivity contribution < 1.29 is 19.7 Å². The van der Waals surface area contributed by atoms with Gasteiger partial charge in [0.2, 0.25) is 0 Å². The zero-order chi connectivity index (χ0) is 37.7. The minimum atomic E-state index is -0.989. The Morgan fingerprint density at radius 3 is 1.93 bits per heavy atom. The molecule has 2 saturated heterocycles. The Morgan fingerprint density at radius 1 is 0.685 bits per heavy atom. The minimum Gasteiger partial charge on any atom is -0.507 e. The molecule has 5 aromatic rings. The van der Waals surface area contributed by atoms with Crippen LogP contribution in [0.1, 0.15) is 84.8 Å². The molecule has 0 radical (unpaired) electrons. The molecule has 3 unspecified atom stereocenters. The number of nitrogens with zero attached hydrogens (tertiary/aromatic N) is 2. The van der Waals surface area contributed by atoms with E-state index in [9.17, 15) is 10.2 Å². The highest BCUT2D eigenvalue weighted by molar-refractivity contribution is 9.10. The Hall–Kier alpha value is -3.85. The lowest BCUT2D eigenvalue weighted by Crippen LogP contribution is -2.47. The number of methoxy groups -OCH3 is 2. The number of phenolic OH excluding ortho intramolecular Hbond substituents is 1. The van der Waals surface area contributed by atoms with Crippen LogP contribution in [0.2, 0.25) is 5.02 Å². The molecule has 8 heteroatoms. The molecule has 2 N–H and O–H groups in total. The number of hydrogen-bond acceptors (Lipinski definition) is 6. The summed E-state index contributed by atoms with van der Waals surface area (Å²) in [7, 11) is 3.40. The Kier molecular flexibility index (Phi) is 12.3. The number of rotatable bonds is 8. The summed E-state index contributed by atoms with van der Waals surface area (Å²) in [5.41, 5.74) is 4.04. The summed E-state index contributed by atoms with van der Waals surface area (Å²) in [4.78, 5) is 4.88. The Balaban J connectivity index is 0.000000167. The van der Waals surface area contributed by atoms with Crippen molar-refractivity contribution in [2.45, 2.75) is 62.6 Å². The van der Waals surface area contributed by atoms with Gasteiger partial charge in [-0.05, 0) is 93.3 Å². The van der Waals surface area contributed by atoms with Crippen LogP contribution < -0.4 is 9.47 Å². The molecule has 0 amide bonds. The fourth-order valence-corrected chi connectivity index (χ4v) is 9.46. The first-order valence-corrected chi connectivity index (χ1v) is 20.3. The fourth-order valence-electron chi connectivity index (χ4n) is 8.80. The number of aromatic hydroxyl groups is 1. The van der Waals surface area contributed by atoms with Crippen LogP contribution in [0.25, 0.3) is 16.8 Å². The number of aliphatic hydroxyl groups is 1. The van der Waals surface area contributed by atoms with Crippen LogP contribution in [0.5, 0.6) is 17.2 Å². The van der Waals surface area contributed by atoms with Crippen molar-refractivity contribution in [3.05, 3.63) is 140 Å². The van der Waals surface area contributed by atoms with Crippen molar-refractivity contribution >= 4 is 44.4 Å². The maximum atomic E-state index is 12.1. The van der Waals surface area contributed by atoms with E-state index in [0.29, 0.717) is 17.2 Å². The third-order valence-electron chi connectivity index (χ3n) is 11.3. The van der Waals surface area contributed by atoms with Gasteiger partial charge in [0.05, 0.1) is 26.3 Å². The number of piperidine rings is 2. The second-order valence-corrected chi connectivity index (χ2v) is 15.9. The van der Waals surface area contributed by atoms with E-state index in [1.807, 2.05) is 72.8 Å². The van der Waals surface area contributed by atoms with Gasteiger partial charge in [0, 0.05) is 43.4 Å². The lowest BCUT2D eigenvalue weighted by atomic mass is 9.74. The van der Waals surface area contributed by atoms with E-state index < -0.39 is 5.60 Å². The predicted molar refractivity (Wildman–Crippen MR) is 224 cm³/mol. The monoisotopic (exact) mass is 808 g/mol. The van der Waals surface area contributed by atoms with Crippen molar-refractivity contribution in [3.63, 3.8) is 0 Å². The lowest BCUT2D eigenvalue weighted by Gasteiger charge is -2.46. The van der Waals surface area contributed by atoms with Gasteiger partial charge in [-0.1, -0.05) is 119 Å². The normalized spacial score (nSPS) is 20.0. The largest absolute Gasteiger partial charge is 0.507 e. The number of hydrogen-bond donors (Lipinski definition) is 2. The first-order chi connectivity index (χ1) is 26.3. The zero-order valence-electron chi connectivity index (χ0n) is 31.2. The molecule has 6 nitrogen and oxygen atoms in total. The highest BCUT2D eigenvalue weighted by Crippen LogP contribution is 2.49. The highest BCUT2D eigenvalue weighted by atomic mass is 79.9. The molecular weight excluding hydrogens is 760 g/mol. The summed E-state index contributed by atoms with van der Waals surface area (Å²) < 4.78 is 12.4. The summed E-state index contributed by atoms with van der Waals surface area (Å²) in [5, 5.41) is 25.6. The summed E-state index contributed by atoms with van der Waals surface area (Å²) in [5.74, 6) is 1.97. The van der Waals surface area contributed by atoms with E-state index in [2.05, 4.69) is 62.1 Å². The van der Waals surface area contributed by atoms with Crippen LogP contribution in [-0.4, -0.2) is 60.4 Å². The zero-order valence-corrected chi connectivity index (χ0v) is 33.5. The highest BCUT2D eigenvalue weighted by Gasteiger charge is 2.45. The second-order valence-electron chi connectivity index (χ2n) is 14.6. The molecule has 2 aliphatic heterocycles. The van der Waals surface area contributed by atoms with Crippen LogP contribution >= 0.6 is 27.5 Å². The SMILES string of the molecule is COc1ccccc1C(N1CCCCC1)C1(O)CC=Cc2cc(Br)ccc21.COc1ccccc1C(c1cc(Cl)c2ccccc2c1O)N1CCCCC1. The number of para-hydroxylation sites is 2. The number of benzene rings is 5. The number of halogens is 2. The molecule has 3 aliphatic rings. The molecule has 1 aliphatic carbocycles. The average Bonchev–Trinajstić information content (AvgIpc) is 3.21. The standard InChI is InChI=1S/C23H26BrNO2.C23H24ClNO2/c1-27-21-10-4-3-9-19(21)22(25-14-5-2-6-15-25)23(26)13-7-8-17-16-18(24)11-12-20(17)23;1-27-21-12-6-5-11-18(21)22(25-13-7-2-8-14-25)19-15-20(24)16-9-3-4-10-17(16)23(19)26/h3-4,7-12,16,22,26H,2,5-6,13-15H2,1H3;3-6,9-12,15,22,26H,2,7-8,13-14H2,1H3. The van der Waals surface area contributed by atoms with Crippen molar-refractivity contribution in [1.29, 1.82) is 0 Å². The average molecular weight is 810 g/mol. The summed E-state index contributed by atoms with van der Waals surface area (Å²) >= 11 is 10.2. The van der Waals surface area contributed by atoms with Crippen LogP contribution in [0.4, 0.5) is 0 Å². The molecule has 54 heavy (non-hydrogen) atoms. The first-order valence-electron chi connectivity index (χ1n) is 19.2. The molecule has 0 aromatic heterocycles. The van der Waals surface area contributed by atoms with Gasteiger partial charge in [-0.3, -0.25) is 9.80 Å². The van der Waals surface area contributed by atoms with Crippen LogP contribution in [0.3, 0.4) is 0 Å². The lowest BCUT2D eigenvalue weighted by molar-refractivity contribution is -0.0608. The van der Waals surface area contributed by atoms with E-state index in [0.717, 1.165) is 93.6 Å².